The standard InChI is InChI=1S/C12H23N5O2/c1-5-12(18,6-2)8-14-10-15-9(13-7-3)16-11(17-10)19-4/h18H,5-8H2,1-4H3,(H2,13,14,15,16,17). The minimum atomic E-state index is -0.752. The first-order chi connectivity index (χ1) is 9.06. The van der Waals surface area contributed by atoms with E-state index in [9.17, 15) is 5.11 Å². The van der Waals surface area contributed by atoms with Crippen LogP contribution in [0.3, 0.4) is 0 Å². The second kappa shape index (κ2) is 7.08. The molecule has 0 aromatic carbocycles. The fourth-order valence-corrected chi connectivity index (χ4v) is 1.51. The summed E-state index contributed by atoms with van der Waals surface area (Å²) in [6.07, 6.45) is 1.33. The van der Waals surface area contributed by atoms with Crippen LogP contribution >= 0.6 is 0 Å². The fourth-order valence-electron chi connectivity index (χ4n) is 1.51. The molecule has 7 heteroatoms. The molecule has 0 radical (unpaired) electrons. The van der Waals surface area contributed by atoms with Crippen molar-refractivity contribution in [3.63, 3.8) is 0 Å². The first kappa shape index (κ1) is 15.4. The molecule has 1 rings (SSSR count). The summed E-state index contributed by atoms with van der Waals surface area (Å²) in [6, 6.07) is 0.241. The third-order valence-corrected chi connectivity index (χ3v) is 3.02. The normalized spacial score (nSPS) is 11.2. The summed E-state index contributed by atoms with van der Waals surface area (Å²) in [4.78, 5) is 12.4. The number of rotatable bonds is 8. The van der Waals surface area contributed by atoms with E-state index >= 15 is 0 Å². The van der Waals surface area contributed by atoms with Crippen molar-refractivity contribution < 1.29 is 9.84 Å². The monoisotopic (exact) mass is 269 g/mol. The average molecular weight is 269 g/mol. The highest BCUT2D eigenvalue weighted by Gasteiger charge is 2.22. The first-order valence-electron chi connectivity index (χ1n) is 6.57. The molecule has 0 aliphatic rings. The van der Waals surface area contributed by atoms with Crippen molar-refractivity contribution in [3.8, 4) is 6.01 Å². The van der Waals surface area contributed by atoms with Gasteiger partial charge in [-0.1, -0.05) is 13.8 Å². The van der Waals surface area contributed by atoms with E-state index in [-0.39, 0.29) is 6.01 Å². The lowest BCUT2D eigenvalue weighted by atomic mass is 9.98. The predicted octanol–water partition coefficient (Wildman–Crippen LogP) is 1.27. The van der Waals surface area contributed by atoms with Gasteiger partial charge in [0.15, 0.2) is 0 Å². The van der Waals surface area contributed by atoms with Crippen molar-refractivity contribution in [1.29, 1.82) is 0 Å². The topological polar surface area (TPSA) is 92.2 Å². The van der Waals surface area contributed by atoms with Crippen LogP contribution in [0.5, 0.6) is 6.01 Å². The highest BCUT2D eigenvalue weighted by Crippen LogP contribution is 2.16. The highest BCUT2D eigenvalue weighted by atomic mass is 16.5. The van der Waals surface area contributed by atoms with Crippen molar-refractivity contribution in [2.75, 3.05) is 30.8 Å². The Balaban J connectivity index is 2.79. The Hall–Kier alpha value is -1.63. The smallest absolute Gasteiger partial charge is 0.322 e. The van der Waals surface area contributed by atoms with E-state index in [1.54, 1.807) is 0 Å². The SMILES string of the molecule is CCNc1nc(NCC(O)(CC)CC)nc(OC)n1. The Morgan fingerprint density at radius 1 is 1.05 bits per heavy atom. The van der Waals surface area contributed by atoms with E-state index < -0.39 is 5.60 Å². The summed E-state index contributed by atoms with van der Waals surface area (Å²) in [5, 5.41) is 16.2. The summed E-state index contributed by atoms with van der Waals surface area (Å²) in [6.45, 7) is 6.95. The molecule has 1 heterocycles. The van der Waals surface area contributed by atoms with Crippen LogP contribution in [0.2, 0.25) is 0 Å². The van der Waals surface area contributed by atoms with Gasteiger partial charge in [0.1, 0.15) is 0 Å². The number of methoxy groups -OCH3 is 1. The molecule has 1 aromatic heterocycles. The molecule has 0 fully saturated rings. The Morgan fingerprint density at radius 3 is 2.11 bits per heavy atom. The Bertz CT molecular complexity index is 396. The van der Waals surface area contributed by atoms with E-state index in [0.29, 0.717) is 37.8 Å². The molecule has 1 aromatic rings. The number of ether oxygens (including phenoxy) is 1. The molecule has 0 saturated carbocycles. The van der Waals surface area contributed by atoms with Crippen LogP contribution in [-0.2, 0) is 0 Å². The zero-order valence-corrected chi connectivity index (χ0v) is 12.0. The molecule has 3 N–H and O–H groups in total. The summed E-state index contributed by atoms with van der Waals surface area (Å²) >= 11 is 0. The molecular weight excluding hydrogens is 246 g/mol. The lowest BCUT2D eigenvalue weighted by molar-refractivity contribution is 0.0455. The number of aliphatic hydroxyl groups is 1. The van der Waals surface area contributed by atoms with Crippen molar-refractivity contribution >= 4 is 11.9 Å². The Kier molecular flexibility index (Phi) is 5.75. The molecular formula is C12H23N5O2. The van der Waals surface area contributed by atoms with Gasteiger partial charge in [0.05, 0.1) is 12.7 Å². The Labute approximate surface area is 113 Å². The van der Waals surface area contributed by atoms with Gasteiger partial charge in [0.2, 0.25) is 11.9 Å². The van der Waals surface area contributed by atoms with Crippen molar-refractivity contribution in [2.45, 2.75) is 39.2 Å². The average Bonchev–Trinajstić information content (AvgIpc) is 2.45. The van der Waals surface area contributed by atoms with E-state index in [2.05, 4.69) is 25.6 Å². The third-order valence-electron chi connectivity index (χ3n) is 3.02. The summed E-state index contributed by atoms with van der Waals surface area (Å²) in [7, 11) is 1.50. The number of aromatic nitrogens is 3. The molecule has 0 unspecified atom stereocenters. The molecule has 0 aliphatic heterocycles. The van der Waals surface area contributed by atoms with E-state index in [1.807, 2.05) is 20.8 Å². The van der Waals surface area contributed by atoms with Gasteiger partial charge in [0, 0.05) is 13.1 Å². The summed E-state index contributed by atoms with van der Waals surface area (Å²) in [5.41, 5.74) is -0.752. The maximum absolute atomic E-state index is 10.2. The molecule has 0 amide bonds. The van der Waals surface area contributed by atoms with Gasteiger partial charge in [-0.2, -0.15) is 15.0 Å². The van der Waals surface area contributed by atoms with Crippen LogP contribution in [0.1, 0.15) is 33.6 Å². The molecule has 0 spiro atoms. The van der Waals surface area contributed by atoms with Crippen LogP contribution in [0, 0.1) is 0 Å². The summed E-state index contributed by atoms with van der Waals surface area (Å²) < 4.78 is 5.02. The van der Waals surface area contributed by atoms with Gasteiger partial charge >= 0.3 is 6.01 Å². The van der Waals surface area contributed by atoms with Crippen molar-refractivity contribution in [3.05, 3.63) is 0 Å². The molecule has 0 aliphatic carbocycles. The Morgan fingerprint density at radius 2 is 1.63 bits per heavy atom. The fraction of sp³-hybridized carbons (Fsp3) is 0.750. The number of hydrogen-bond acceptors (Lipinski definition) is 7. The lowest BCUT2D eigenvalue weighted by Crippen LogP contribution is -2.35. The zero-order valence-electron chi connectivity index (χ0n) is 12.0. The third kappa shape index (κ3) is 4.51. The summed E-state index contributed by atoms with van der Waals surface area (Å²) in [5.74, 6) is 0.844. The minimum Gasteiger partial charge on any atom is -0.467 e. The number of nitrogens with zero attached hydrogens (tertiary/aromatic N) is 3. The van der Waals surface area contributed by atoms with Gasteiger partial charge < -0.3 is 20.5 Å². The second-order valence-corrected chi connectivity index (χ2v) is 4.28. The number of hydrogen-bond donors (Lipinski definition) is 3. The van der Waals surface area contributed by atoms with Crippen LogP contribution in [0.15, 0.2) is 0 Å². The van der Waals surface area contributed by atoms with Crippen molar-refractivity contribution in [1.82, 2.24) is 15.0 Å². The van der Waals surface area contributed by atoms with Gasteiger partial charge in [-0.05, 0) is 19.8 Å². The molecule has 0 bridgehead atoms. The molecule has 0 saturated heterocycles. The highest BCUT2D eigenvalue weighted by molar-refractivity contribution is 5.36. The van der Waals surface area contributed by atoms with Gasteiger partial charge in [0.25, 0.3) is 0 Å². The van der Waals surface area contributed by atoms with Gasteiger partial charge in [-0.15, -0.1) is 0 Å². The quantitative estimate of drug-likeness (QED) is 0.654. The minimum absolute atomic E-state index is 0.241. The lowest BCUT2D eigenvalue weighted by Gasteiger charge is -2.25. The van der Waals surface area contributed by atoms with Crippen molar-refractivity contribution in [2.24, 2.45) is 0 Å². The second-order valence-electron chi connectivity index (χ2n) is 4.28. The van der Waals surface area contributed by atoms with E-state index in [1.165, 1.54) is 7.11 Å². The maximum atomic E-state index is 10.2. The molecule has 108 valence electrons. The van der Waals surface area contributed by atoms with Gasteiger partial charge in [-0.25, -0.2) is 0 Å². The van der Waals surface area contributed by atoms with E-state index in [0.717, 1.165) is 0 Å². The van der Waals surface area contributed by atoms with Crippen LogP contribution in [-0.4, -0.2) is 45.9 Å². The first-order valence-corrected chi connectivity index (χ1v) is 6.57. The maximum Gasteiger partial charge on any atom is 0.322 e. The molecule has 19 heavy (non-hydrogen) atoms. The molecule has 7 nitrogen and oxygen atoms in total. The zero-order chi connectivity index (χ0) is 14.3. The number of anilines is 2. The van der Waals surface area contributed by atoms with Gasteiger partial charge in [-0.3, -0.25) is 0 Å². The van der Waals surface area contributed by atoms with Crippen LogP contribution in [0.4, 0.5) is 11.9 Å². The van der Waals surface area contributed by atoms with E-state index in [4.69, 9.17) is 4.74 Å². The van der Waals surface area contributed by atoms with Crippen LogP contribution < -0.4 is 15.4 Å². The largest absolute Gasteiger partial charge is 0.467 e. The number of nitrogens with one attached hydrogen (secondary N) is 2. The van der Waals surface area contributed by atoms with Crippen LogP contribution in [0.25, 0.3) is 0 Å². The predicted molar refractivity (Wildman–Crippen MR) is 74.6 cm³/mol. The molecule has 0 atom stereocenters.